The molecule has 430 valence electrons. The number of hydrogen-bond acceptors (Lipinski definition) is 16. The number of carboxylic acid groups (broad SMARTS) is 2. The van der Waals surface area contributed by atoms with Crippen LogP contribution in [-0.2, 0) is 91.0 Å². The number of carbonyl (C=O) groups excluding carboxylic acids is 6. The summed E-state index contributed by atoms with van der Waals surface area (Å²) in [7, 11) is 0. The number of carboxylic acids is 2. The highest BCUT2D eigenvalue weighted by Gasteiger charge is 2.49. The molecule has 78 heavy (non-hydrogen) atoms. The fourth-order valence-corrected chi connectivity index (χ4v) is 7.11. The second-order valence-corrected chi connectivity index (χ2v) is 22.3. The van der Waals surface area contributed by atoms with Crippen LogP contribution in [0.4, 0.5) is 0 Å². The van der Waals surface area contributed by atoms with Gasteiger partial charge in [0.05, 0.1) is 39.3 Å². The Bertz CT molecular complexity index is 2450. The lowest BCUT2D eigenvalue weighted by Crippen LogP contribution is -2.67. The van der Waals surface area contributed by atoms with Crippen LogP contribution in [0.1, 0.15) is 113 Å². The first-order chi connectivity index (χ1) is 36.1. The topological polar surface area (TPSA) is 304 Å². The van der Waals surface area contributed by atoms with Crippen LogP contribution >= 0.6 is 0 Å². The zero-order valence-corrected chi connectivity index (χ0v) is 46.9. The zero-order chi connectivity index (χ0) is 58.7. The van der Waals surface area contributed by atoms with E-state index in [0.29, 0.717) is 0 Å². The van der Waals surface area contributed by atoms with E-state index in [0.717, 1.165) is 16.7 Å². The zero-order valence-electron chi connectivity index (χ0n) is 46.9. The molecule has 3 amide bonds. The van der Waals surface area contributed by atoms with Crippen LogP contribution in [0, 0.1) is 11.8 Å². The first kappa shape index (κ1) is 65.5. The van der Waals surface area contributed by atoms with Crippen molar-refractivity contribution in [2.24, 2.45) is 17.6 Å². The summed E-state index contributed by atoms with van der Waals surface area (Å²) in [5, 5.41) is 26.8. The predicted molar refractivity (Wildman–Crippen MR) is 285 cm³/mol. The third-order valence-corrected chi connectivity index (χ3v) is 11.6. The van der Waals surface area contributed by atoms with Gasteiger partial charge in [-0.25, -0.2) is 14.4 Å². The first-order valence-corrected chi connectivity index (χ1v) is 25.6. The van der Waals surface area contributed by atoms with Gasteiger partial charge in [-0.05, 0) is 85.9 Å². The van der Waals surface area contributed by atoms with Gasteiger partial charge in [0.25, 0.3) is 0 Å². The molecule has 0 saturated carbocycles. The smallest absolute Gasteiger partial charge is 0.334 e. The molecule has 0 aromatic heterocycles. The van der Waals surface area contributed by atoms with Gasteiger partial charge in [0.15, 0.2) is 22.7 Å². The van der Waals surface area contributed by atoms with Crippen LogP contribution in [0.25, 0.3) is 0 Å². The average molecular weight is 1090 g/mol. The summed E-state index contributed by atoms with van der Waals surface area (Å²) >= 11 is 0. The van der Waals surface area contributed by atoms with E-state index in [2.05, 4.69) is 16.0 Å². The monoisotopic (exact) mass is 1090 g/mol. The third kappa shape index (κ3) is 23.4. The number of carbonyl (C=O) groups is 8. The van der Waals surface area contributed by atoms with Gasteiger partial charge in [0, 0.05) is 24.7 Å². The van der Waals surface area contributed by atoms with Gasteiger partial charge >= 0.3 is 29.8 Å². The van der Waals surface area contributed by atoms with E-state index >= 15 is 0 Å². The number of ether oxygens (including phenoxy) is 7. The minimum absolute atomic E-state index is 0.0909. The first-order valence-electron chi connectivity index (χ1n) is 25.6. The summed E-state index contributed by atoms with van der Waals surface area (Å²) in [6.45, 7) is 20.2. The number of esters is 3. The minimum Gasteiger partial charge on any atom is -0.480 e. The molecular weight excluding hydrogens is 1010 g/mol. The molecule has 2 aliphatic rings. The van der Waals surface area contributed by atoms with Crippen molar-refractivity contribution < 1.29 is 81.7 Å². The molecule has 0 radical (unpaired) electrons. The molecule has 0 bridgehead atoms. The Labute approximate surface area is 456 Å². The van der Waals surface area contributed by atoms with E-state index in [4.69, 9.17) is 38.9 Å². The molecule has 2 fully saturated rings. The maximum absolute atomic E-state index is 13.3. The van der Waals surface area contributed by atoms with E-state index in [9.17, 15) is 48.6 Å². The van der Waals surface area contributed by atoms with Gasteiger partial charge in [-0.15, -0.1) is 0 Å². The fourth-order valence-electron chi connectivity index (χ4n) is 7.11. The van der Waals surface area contributed by atoms with Crippen LogP contribution in [0.15, 0.2) is 91.0 Å². The van der Waals surface area contributed by atoms with Crippen molar-refractivity contribution >= 4 is 47.6 Å². The van der Waals surface area contributed by atoms with Gasteiger partial charge in [-0.1, -0.05) is 105 Å². The standard InChI is InChI=1S/C25H36N2O8.C18H25NO5.C14H19NO4/c1-16(12-19(28)35-23(2,3)4)20(29)26-18(13-17-10-8-7-9-11-17)21(30)27-25(22(31)32)14-33-24(5,6)34-15-25;1-12(10-15(20)24-18(2,3)4)16(21)19-14(17(22)23)11-13-8-6-5-7-9-13;1-13(2)18-9-14(15,10-19-13)12(16)17-8-11-6-4-3-5-7-11/h7-11,16,18H,12-15H2,1-6H3,(H,26,29)(H,27,30)(H,31,32);5-9,12,14H,10-11H2,1-4H3,(H,19,21)(H,22,23);3-7H,8-10,15H2,1-2H3/t16-,18+;12-,14+;/m00./s1. The summed E-state index contributed by atoms with van der Waals surface area (Å²) in [5.41, 5.74) is 4.10. The van der Waals surface area contributed by atoms with E-state index in [1.54, 1.807) is 132 Å². The Morgan fingerprint density at radius 1 is 0.564 bits per heavy atom. The Balaban J connectivity index is 0.000000324. The van der Waals surface area contributed by atoms with Crippen molar-refractivity contribution in [2.45, 2.75) is 161 Å². The molecule has 5 rings (SSSR count). The molecule has 3 aromatic rings. The quantitative estimate of drug-likeness (QED) is 0.0665. The summed E-state index contributed by atoms with van der Waals surface area (Å²) < 4.78 is 37.4. The molecule has 2 heterocycles. The maximum Gasteiger partial charge on any atom is 0.334 e. The normalized spacial score (nSPS) is 17.6. The number of benzene rings is 3. The number of aliphatic carboxylic acids is 2. The molecule has 4 atom stereocenters. The number of hydrogen-bond donors (Lipinski definition) is 6. The van der Waals surface area contributed by atoms with Gasteiger partial charge in [-0.2, -0.15) is 0 Å². The fraction of sp³-hybridized carbons (Fsp3) is 0.544. The molecule has 21 nitrogen and oxygen atoms in total. The molecule has 7 N–H and O–H groups in total. The molecule has 3 aromatic carbocycles. The van der Waals surface area contributed by atoms with Gasteiger partial charge in [0.1, 0.15) is 29.9 Å². The highest BCUT2D eigenvalue weighted by Crippen LogP contribution is 2.25. The van der Waals surface area contributed by atoms with Gasteiger partial charge in [0.2, 0.25) is 17.7 Å². The largest absolute Gasteiger partial charge is 0.480 e. The van der Waals surface area contributed by atoms with Gasteiger partial charge < -0.3 is 65.1 Å². The highest BCUT2D eigenvalue weighted by molar-refractivity contribution is 5.93. The van der Waals surface area contributed by atoms with E-state index in [1.165, 1.54) is 0 Å². The van der Waals surface area contributed by atoms with Crippen molar-refractivity contribution in [1.29, 1.82) is 0 Å². The second-order valence-electron chi connectivity index (χ2n) is 22.3. The Morgan fingerprint density at radius 2 is 0.923 bits per heavy atom. The van der Waals surface area contributed by atoms with E-state index in [1.807, 2.05) is 42.5 Å². The third-order valence-electron chi connectivity index (χ3n) is 11.6. The van der Waals surface area contributed by atoms with E-state index in [-0.39, 0.29) is 58.7 Å². The summed E-state index contributed by atoms with van der Waals surface area (Å²) in [5.74, 6) is -8.81. The molecule has 2 saturated heterocycles. The Kier molecular flexibility index (Phi) is 24.1. The van der Waals surface area contributed by atoms with Crippen molar-refractivity contribution in [3.63, 3.8) is 0 Å². The summed E-state index contributed by atoms with van der Waals surface area (Å²) in [6, 6.07) is 25.3. The van der Waals surface area contributed by atoms with E-state index < -0.39 is 105 Å². The van der Waals surface area contributed by atoms with Crippen LogP contribution in [-0.4, -0.2) is 130 Å². The molecule has 0 spiro atoms. The molecular formula is C57H80N4O17. The molecule has 21 heteroatoms. The van der Waals surface area contributed by atoms with Crippen molar-refractivity contribution in [2.75, 3.05) is 26.4 Å². The second kappa shape index (κ2) is 28.7. The maximum atomic E-state index is 13.3. The van der Waals surface area contributed by atoms with Crippen LogP contribution < -0.4 is 21.7 Å². The minimum atomic E-state index is -1.81. The van der Waals surface area contributed by atoms with Crippen molar-refractivity contribution in [1.82, 2.24) is 16.0 Å². The Morgan fingerprint density at radius 3 is 1.29 bits per heavy atom. The molecule has 0 aliphatic carbocycles. The number of nitrogens with two attached hydrogens (primary N) is 1. The predicted octanol–water partition coefficient (Wildman–Crippen LogP) is 5.18. The molecule has 0 unspecified atom stereocenters. The SMILES string of the molecule is CC1(C)OCC(N)(C(=O)OCc2ccccc2)CO1.C[C@@H](CC(=O)OC(C)(C)C)C(=O)N[C@H](Cc1ccccc1)C(=O)NC1(C(=O)O)COC(C)(C)OC1.C[C@@H](CC(=O)OC(C)(C)C)C(=O)N[C@H](Cc1ccccc1)C(=O)O. The van der Waals surface area contributed by atoms with Crippen molar-refractivity contribution in [3.8, 4) is 0 Å². The summed E-state index contributed by atoms with van der Waals surface area (Å²) in [4.78, 5) is 97.6. The lowest BCUT2D eigenvalue weighted by molar-refractivity contribution is -0.270. The Hall–Kier alpha value is -6.78. The van der Waals surface area contributed by atoms with Gasteiger partial charge in [-0.3, -0.25) is 24.0 Å². The van der Waals surface area contributed by atoms with Crippen LogP contribution in [0.2, 0.25) is 0 Å². The number of rotatable bonds is 19. The lowest BCUT2D eigenvalue weighted by Gasteiger charge is -2.41. The number of nitrogens with one attached hydrogen (secondary N) is 3. The molecule has 2 aliphatic heterocycles. The highest BCUT2D eigenvalue weighted by atomic mass is 16.7. The number of amides is 3. The lowest BCUT2D eigenvalue weighted by atomic mass is 9.97. The van der Waals surface area contributed by atoms with Crippen LogP contribution in [0.5, 0.6) is 0 Å². The average Bonchev–Trinajstić information content (AvgIpc) is 3.34. The summed E-state index contributed by atoms with van der Waals surface area (Å²) in [6.07, 6.45) is 0.0287. The van der Waals surface area contributed by atoms with Crippen LogP contribution in [0.3, 0.4) is 0 Å². The van der Waals surface area contributed by atoms with Crippen molar-refractivity contribution in [3.05, 3.63) is 108 Å².